The molecular formula is C28H24N2O6. The smallest absolute Gasteiger partial charge is 0.339 e. The zero-order valence-electron chi connectivity index (χ0n) is 19.5. The number of ether oxygens (including phenoxy) is 3. The molecule has 6 rings (SSSR count). The molecule has 8 heteroatoms. The van der Waals surface area contributed by atoms with E-state index in [0.717, 1.165) is 18.4 Å². The van der Waals surface area contributed by atoms with Crippen molar-refractivity contribution in [3.63, 3.8) is 0 Å². The van der Waals surface area contributed by atoms with Crippen molar-refractivity contribution in [3.05, 3.63) is 78.1 Å². The SMILES string of the molecule is O=C(OCC(=O)N1CCCC1c1ccc2c(c1)OCCO2)c1cc(-c2ccco2)nc2ccccc12. The van der Waals surface area contributed by atoms with Gasteiger partial charge in [0.1, 0.15) is 18.9 Å². The Balaban J connectivity index is 1.20. The van der Waals surface area contributed by atoms with Gasteiger partial charge >= 0.3 is 5.97 Å². The third kappa shape index (κ3) is 4.15. The van der Waals surface area contributed by atoms with Gasteiger partial charge in [0.15, 0.2) is 23.9 Å². The molecule has 1 saturated heterocycles. The fourth-order valence-corrected chi connectivity index (χ4v) is 4.86. The molecule has 2 aliphatic heterocycles. The van der Waals surface area contributed by atoms with Crippen LogP contribution >= 0.6 is 0 Å². The molecule has 36 heavy (non-hydrogen) atoms. The number of furan rings is 1. The van der Waals surface area contributed by atoms with Crippen molar-refractivity contribution in [2.45, 2.75) is 18.9 Å². The highest BCUT2D eigenvalue weighted by molar-refractivity contribution is 6.05. The molecule has 4 aromatic rings. The monoisotopic (exact) mass is 484 g/mol. The van der Waals surface area contributed by atoms with E-state index in [9.17, 15) is 9.59 Å². The van der Waals surface area contributed by atoms with Crippen LogP contribution < -0.4 is 9.47 Å². The van der Waals surface area contributed by atoms with Crippen LogP contribution in [0.4, 0.5) is 0 Å². The van der Waals surface area contributed by atoms with Gasteiger partial charge in [-0.3, -0.25) is 4.79 Å². The van der Waals surface area contributed by atoms with E-state index in [0.29, 0.717) is 59.2 Å². The highest BCUT2D eigenvalue weighted by Gasteiger charge is 2.31. The number of aromatic nitrogens is 1. The van der Waals surface area contributed by atoms with Crippen LogP contribution in [0.3, 0.4) is 0 Å². The van der Waals surface area contributed by atoms with E-state index in [1.54, 1.807) is 29.4 Å². The summed E-state index contributed by atoms with van der Waals surface area (Å²) >= 11 is 0. The Hall–Kier alpha value is -4.33. The number of benzene rings is 2. The molecule has 0 bridgehead atoms. The summed E-state index contributed by atoms with van der Waals surface area (Å²) in [5.41, 5.74) is 2.49. The van der Waals surface area contributed by atoms with Crippen LogP contribution in [0.5, 0.6) is 11.5 Å². The number of rotatable bonds is 5. The van der Waals surface area contributed by atoms with E-state index in [1.165, 1.54) is 0 Å². The van der Waals surface area contributed by atoms with Crippen molar-refractivity contribution in [3.8, 4) is 23.0 Å². The number of pyridine rings is 1. The van der Waals surface area contributed by atoms with Gasteiger partial charge in [0.05, 0.1) is 23.4 Å². The maximum atomic E-state index is 13.1. The van der Waals surface area contributed by atoms with Gasteiger partial charge in [-0.25, -0.2) is 9.78 Å². The van der Waals surface area contributed by atoms with Gasteiger partial charge in [0, 0.05) is 11.9 Å². The molecule has 2 aromatic heterocycles. The fraction of sp³-hybridized carbons (Fsp3) is 0.250. The largest absolute Gasteiger partial charge is 0.486 e. The van der Waals surface area contributed by atoms with Crippen LogP contribution in [0.2, 0.25) is 0 Å². The number of fused-ring (bicyclic) bond motifs is 2. The third-order valence-corrected chi connectivity index (χ3v) is 6.56. The molecular weight excluding hydrogens is 460 g/mol. The van der Waals surface area contributed by atoms with E-state index in [4.69, 9.17) is 18.6 Å². The molecule has 1 amide bonds. The summed E-state index contributed by atoms with van der Waals surface area (Å²) < 4.78 is 22.3. The minimum Gasteiger partial charge on any atom is -0.486 e. The Morgan fingerprint density at radius 3 is 2.72 bits per heavy atom. The minimum absolute atomic E-state index is 0.0978. The van der Waals surface area contributed by atoms with Gasteiger partial charge in [-0.2, -0.15) is 0 Å². The van der Waals surface area contributed by atoms with Gasteiger partial charge < -0.3 is 23.5 Å². The first-order valence-electron chi connectivity index (χ1n) is 12.0. The number of nitrogens with zero attached hydrogens (tertiary/aromatic N) is 2. The number of carbonyl (C=O) groups is 2. The van der Waals surface area contributed by atoms with Crippen LogP contribution in [0.1, 0.15) is 34.8 Å². The lowest BCUT2D eigenvalue weighted by atomic mass is 10.0. The first kappa shape index (κ1) is 22.2. The maximum absolute atomic E-state index is 13.1. The zero-order chi connectivity index (χ0) is 24.5. The Labute approximate surface area is 207 Å². The van der Waals surface area contributed by atoms with Crippen molar-refractivity contribution in [1.82, 2.24) is 9.88 Å². The van der Waals surface area contributed by atoms with Crippen molar-refractivity contribution >= 4 is 22.8 Å². The highest BCUT2D eigenvalue weighted by Crippen LogP contribution is 2.38. The summed E-state index contributed by atoms with van der Waals surface area (Å²) in [4.78, 5) is 32.6. The number of likely N-dealkylation sites (tertiary alicyclic amines) is 1. The highest BCUT2D eigenvalue weighted by atomic mass is 16.6. The van der Waals surface area contributed by atoms with E-state index >= 15 is 0 Å². The standard InChI is InChI=1S/C28H24N2O6/c31-27(30-11-3-7-23(30)18-9-10-25-26(15-18)35-14-13-34-25)17-36-28(32)20-16-22(24-8-4-12-33-24)29-21-6-2-1-5-19(20)21/h1-2,4-6,8-10,12,15-16,23H,3,7,11,13-14,17H2. The number of esters is 1. The van der Waals surface area contributed by atoms with Crippen molar-refractivity contribution < 1.29 is 28.2 Å². The normalized spacial score (nSPS) is 16.8. The van der Waals surface area contributed by atoms with Gasteiger partial charge in [0.25, 0.3) is 5.91 Å². The Morgan fingerprint density at radius 1 is 1.00 bits per heavy atom. The second-order valence-corrected chi connectivity index (χ2v) is 8.77. The quantitative estimate of drug-likeness (QED) is 0.376. The van der Waals surface area contributed by atoms with Crippen LogP contribution in [0.25, 0.3) is 22.4 Å². The van der Waals surface area contributed by atoms with Crippen LogP contribution in [0, 0.1) is 0 Å². The molecule has 0 radical (unpaired) electrons. The molecule has 0 saturated carbocycles. The number of para-hydroxylation sites is 1. The number of hydrogen-bond acceptors (Lipinski definition) is 7. The van der Waals surface area contributed by atoms with Gasteiger partial charge in [0.2, 0.25) is 0 Å². The van der Waals surface area contributed by atoms with Crippen LogP contribution in [0.15, 0.2) is 71.3 Å². The van der Waals surface area contributed by atoms with E-state index in [-0.39, 0.29) is 18.6 Å². The van der Waals surface area contributed by atoms with Crippen molar-refractivity contribution in [1.29, 1.82) is 0 Å². The molecule has 0 aliphatic carbocycles. The number of amides is 1. The van der Waals surface area contributed by atoms with Gasteiger partial charge in [-0.05, 0) is 54.8 Å². The minimum atomic E-state index is -0.579. The van der Waals surface area contributed by atoms with E-state index in [2.05, 4.69) is 4.98 Å². The molecule has 2 aromatic carbocycles. The van der Waals surface area contributed by atoms with Crippen molar-refractivity contribution in [2.24, 2.45) is 0 Å². The van der Waals surface area contributed by atoms with Crippen molar-refractivity contribution in [2.75, 3.05) is 26.4 Å². The van der Waals surface area contributed by atoms with Crippen LogP contribution in [-0.4, -0.2) is 48.1 Å². The second-order valence-electron chi connectivity index (χ2n) is 8.77. The summed E-state index contributed by atoms with van der Waals surface area (Å²) in [5.74, 6) is 1.15. The van der Waals surface area contributed by atoms with E-state index < -0.39 is 5.97 Å². The lowest BCUT2D eigenvalue weighted by Crippen LogP contribution is -2.34. The summed E-state index contributed by atoms with van der Waals surface area (Å²) in [6.07, 6.45) is 3.26. The molecule has 182 valence electrons. The second kappa shape index (κ2) is 9.37. The third-order valence-electron chi connectivity index (χ3n) is 6.56. The molecule has 2 aliphatic rings. The van der Waals surface area contributed by atoms with Gasteiger partial charge in [-0.1, -0.05) is 24.3 Å². The summed E-state index contributed by atoms with van der Waals surface area (Å²) in [6.45, 7) is 1.30. The average molecular weight is 485 g/mol. The topological polar surface area (TPSA) is 91.1 Å². The first-order chi connectivity index (χ1) is 17.7. The number of hydrogen-bond donors (Lipinski definition) is 0. The molecule has 8 nitrogen and oxygen atoms in total. The lowest BCUT2D eigenvalue weighted by molar-refractivity contribution is -0.135. The predicted molar refractivity (Wildman–Crippen MR) is 131 cm³/mol. The Bertz CT molecular complexity index is 1430. The van der Waals surface area contributed by atoms with E-state index in [1.807, 2.05) is 42.5 Å². The first-order valence-corrected chi connectivity index (χ1v) is 12.0. The summed E-state index contributed by atoms with van der Waals surface area (Å²) in [6, 6.07) is 18.2. The predicted octanol–water partition coefficient (Wildman–Crippen LogP) is 4.79. The fourth-order valence-electron chi connectivity index (χ4n) is 4.86. The number of carbonyl (C=O) groups excluding carboxylic acids is 2. The summed E-state index contributed by atoms with van der Waals surface area (Å²) in [5, 5.41) is 0.653. The van der Waals surface area contributed by atoms with Crippen LogP contribution in [-0.2, 0) is 9.53 Å². The summed E-state index contributed by atoms with van der Waals surface area (Å²) in [7, 11) is 0. The molecule has 1 unspecified atom stereocenters. The lowest BCUT2D eigenvalue weighted by Gasteiger charge is -2.26. The molecule has 0 N–H and O–H groups in total. The Morgan fingerprint density at radius 2 is 1.86 bits per heavy atom. The van der Waals surface area contributed by atoms with Gasteiger partial charge in [-0.15, -0.1) is 0 Å². The molecule has 4 heterocycles. The molecule has 1 atom stereocenters. The molecule has 1 fully saturated rings. The maximum Gasteiger partial charge on any atom is 0.339 e. The molecule has 0 spiro atoms. The zero-order valence-corrected chi connectivity index (χ0v) is 19.5. The Kier molecular flexibility index (Phi) is 5.77. The average Bonchev–Trinajstić information content (AvgIpc) is 3.64.